The van der Waals surface area contributed by atoms with Gasteiger partial charge in [-0.05, 0) is 131 Å². The van der Waals surface area contributed by atoms with Crippen LogP contribution in [0.1, 0.15) is 5.56 Å². The lowest BCUT2D eigenvalue weighted by Crippen LogP contribution is -1.94. The zero-order chi connectivity index (χ0) is 39.0. The highest BCUT2D eigenvalue weighted by Crippen LogP contribution is 2.41. The van der Waals surface area contributed by atoms with Crippen molar-refractivity contribution in [3.8, 4) is 45.4 Å². The summed E-state index contributed by atoms with van der Waals surface area (Å²) in [5, 5.41) is 16.7. The van der Waals surface area contributed by atoms with Gasteiger partial charge in [-0.3, -0.25) is 0 Å². The third-order valence-corrected chi connectivity index (χ3v) is 12.1. The molecular weight excluding hydrogens is 717 g/mol. The maximum absolute atomic E-state index is 9.43. The number of hydrogen-bond donors (Lipinski definition) is 0. The van der Waals surface area contributed by atoms with E-state index in [-0.39, 0.29) is 0 Å². The highest BCUT2D eigenvalue weighted by Gasteiger charge is 2.18. The molecule has 9 aromatic carbocycles. The summed E-state index contributed by atoms with van der Waals surface area (Å²) in [6.07, 6.45) is 0. The van der Waals surface area contributed by atoms with Crippen molar-refractivity contribution in [3.05, 3.63) is 212 Å². The van der Waals surface area contributed by atoms with E-state index in [1.54, 1.807) is 0 Å². The fourth-order valence-corrected chi connectivity index (χ4v) is 9.36. The van der Waals surface area contributed by atoms with Crippen LogP contribution in [0.4, 0.5) is 0 Å². The Kier molecular flexibility index (Phi) is 7.26. The van der Waals surface area contributed by atoms with E-state index in [0.29, 0.717) is 5.56 Å². The number of benzene rings is 9. The minimum absolute atomic E-state index is 0.654. The fourth-order valence-electron chi connectivity index (χ4n) is 9.36. The van der Waals surface area contributed by atoms with Crippen molar-refractivity contribution >= 4 is 65.4 Å². The molecule has 0 aliphatic carbocycles. The molecule has 0 unspecified atom stereocenters. The first-order valence-corrected chi connectivity index (χ1v) is 20.0. The Bertz CT molecular complexity index is 3650. The van der Waals surface area contributed by atoms with Crippen molar-refractivity contribution in [1.29, 1.82) is 5.26 Å². The standard InChI is InChI=1S/C55H34N4/c56-35-36-19-25-43(26-20-36)59-51-18-10-8-16-45(51)47-32-38(22-28-53(47)59)40-24-30-55-49(34-40)48-33-39(23-29-54(48)58(55)42-13-5-2-6-14-42)37-21-27-52-46(31-37)44-15-7-9-17-50(44)57(52)41-11-3-1-4-12-41/h1-34H. The van der Waals surface area contributed by atoms with E-state index in [0.717, 1.165) is 28.1 Å². The van der Waals surface area contributed by atoms with Gasteiger partial charge in [0.1, 0.15) is 0 Å². The number of aromatic nitrogens is 3. The van der Waals surface area contributed by atoms with Crippen LogP contribution in [0, 0.1) is 11.3 Å². The highest BCUT2D eigenvalue weighted by atomic mass is 15.0. The third kappa shape index (κ3) is 5.09. The molecule has 274 valence electrons. The molecule has 0 aliphatic rings. The summed E-state index contributed by atoms with van der Waals surface area (Å²) in [4.78, 5) is 0. The second-order valence-electron chi connectivity index (χ2n) is 15.3. The van der Waals surface area contributed by atoms with Crippen LogP contribution in [0.3, 0.4) is 0 Å². The van der Waals surface area contributed by atoms with E-state index in [4.69, 9.17) is 0 Å². The molecule has 59 heavy (non-hydrogen) atoms. The zero-order valence-electron chi connectivity index (χ0n) is 31.9. The molecule has 4 nitrogen and oxygen atoms in total. The Hall–Kier alpha value is -8.13. The lowest BCUT2D eigenvalue weighted by Gasteiger charge is -2.09. The summed E-state index contributed by atoms with van der Waals surface area (Å²) in [6, 6.07) is 76.3. The van der Waals surface area contributed by atoms with Crippen LogP contribution in [-0.4, -0.2) is 13.7 Å². The van der Waals surface area contributed by atoms with Gasteiger partial charge in [0.2, 0.25) is 0 Å². The van der Waals surface area contributed by atoms with Gasteiger partial charge in [-0.25, -0.2) is 0 Å². The van der Waals surface area contributed by atoms with Gasteiger partial charge in [-0.1, -0.05) is 97.1 Å². The molecule has 0 saturated carbocycles. The molecule has 12 rings (SSSR count). The minimum Gasteiger partial charge on any atom is -0.309 e. The smallest absolute Gasteiger partial charge is 0.0991 e. The second kappa shape index (κ2) is 13.0. The number of hydrogen-bond acceptors (Lipinski definition) is 1. The topological polar surface area (TPSA) is 38.6 Å². The van der Waals surface area contributed by atoms with Gasteiger partial charge >= 0.3 is 0 Å². The maximum atomic E-state index is 9.43. The Morgan fingerprint density at radius 2 is 0.576 bits per heavy atom. The average molecular weight is 751 g/mol. The Morgan fingerprint density at radius 3 is 0.949 bits per heavy atom. The van der Waals surface area contributed by atoms with Gasteiger partial charge in [-0.2, -0.15) is 5.26 Å². The van der Waals surface area contributed by atoms with Crippen molar-refractivity contribution in [1.82, 2.24) is 13.7 Å². The van der Waals surface area contributed by atoms with Gasteiger partial charge in [-0.15, -0.1) is 0 Å². The third-order valence-electron chi connectivity index (χ3n) is 12.1. The van der Waals surface area contributed by atoms with Gasteiger partial charge in [0, 0.05) is 49.4 Å². The minimum atomic E-state index is 0.654. The highest BCUT2D eigenvalue weighted by molar-refractivity contribution is 6.14. The first-order chi connectivity index (χ1) is 29.2. The maximum Gasteiger partial charge on any atom is 0.0991 e. The summed E-state index contributed by atoms with van der Waals surface area (Å²) in [6.45, 7) is 0. The Balaban J connectivity index is 1.04. The number of nitrogens with zero attached hydrogens (tertiary/aromatic N) is 4. The van der Waals surface area contributed by atoms with Crippen molar-refractivity contribution < 1.29 is 0 Å². The summed E-state index contributed by atoms with van der Waals surface area (Å²) < 4.78 is 7.06. The molecule has 0 spiro atoms. The number of para-hydroxylation sites is 4. The molecule has 12 aromatic rings. The SMILES string of the molecule is N#Cc1ccc(-n2c3ccccc3c3cc(-c4ccc5c(c4)c4cc(-c6ccc7c(c6)c6ccccc6n7-c6ccccc6)ccc4n5-c4ccccc4)ccc32)cc1. The molecule has 0 amide bonds. The van der Waals surface area contributed by atoms with E-state index < -0.39 is 0 Å². The van der Waals surface area contributed by atoms with Crippen molar-refractivity contribution in [2.75, 3.05) is 0 Å². The zero-order valence-corrected chi connectivity index (χ0v) is 31.9. The van der Waals surface area contributed by atoms with Gasteiger partial charge in [0.15, 0.2) is 0 Å². The van der Waals surface area contributed by atoms with Crippen molar-refractivity contribution in [3.63, 3.8) is 0 Å². The first-order valence-electron chi connectivity index (χ1n) is 20.0. The van der Waals surface area contributed by atoms with Crippen LogP contribution in [0.5, 0.6) is 0 Å². The molecule has 3 heterocycles. The molecule has 0 aliphatic heterocycles. The van der Waals surface area contributed by atoms with Crippen LogP contribution >= 0.6 is 0 Å². The molecule has 0 fully saturated rings. The summed E-state index contributed by atoms with van der Waals surface area (Å²) in [7, 11) is 0. The lowest BCUT2D eigenvalue weighted by molar-refractivity contribution is 1.18. The molecular formula is C55H34N4. The molecule has 0 bridgehead atoms. The van der Waals surface area contributed by atoms with E-state index in [1.807, 2.05) is 24.3 Å². The molecule has 3 aromatic heterocycles. The summed E-state index contributed by atoms with van der Waals surface area (Å²) in [5.74, 6) is 0. The largest absolute Gasteiger partial charge is 0.309 e. The molecule has 0 radical (unpaired) electrons. The predicted octanol–water partition coefficient (Wildman–Crippen LogP) is 14.2. The van der Waals surface area contributed by atoms with Crippen LogP contribution in [-0.2, 0) is 0 Å². The molecule has 0 N–H and O–H groups in total. The van der Waals surface area contributed by atoms with Gasteiger partial charge in [0.25, 0.3) is 0 Å². The lowest BCUT2D eigenvalue weighted by atomic mass is 9.98. The van der Waals surface area contributed by atoms with Crippen LogP contribution in [0.2, 0.25) is 0 Å². The molecule has 0 saturated heterocycles. The van der Waals surface area contributed by atoms with E-state index >= 15 is 0 Å². The Morgan fingerprint density at radius 1 is 0.271 bits per heavy atom. The fraction of sp³-hybridized carbons (Fsp3) is 0. The number of nitriles is 1. The number of fused-ring (bicyclic) bond motifs is 9. The van der Waals surface area contributed by atoms with Crippen LogP contribution < -0.4 is 0 Å². The van der Waals surface area contributed by atoms with Crippen LogP contribution in [0.15, 0.2) is 206 Å². The van der Waals surface area contributed by atoms with Gasteiger partial charge in [0.05, 0.1) is 44.7 Å². The van der Waals surface area contributed by atoms with Crippen LogP contribution in [0.25, 0.3) is 105 Å². The normalized spacial score (nSPS) is 11.7. The first kappa shape index (κ1) is 33.1. The predicted molar refractivity (Wildman–Crippen MR) is 245 cm³/mol. The van der Waals surface area contributed by atoms with Crippen molar-refractivity contribution in [2.45, 2.75) is 0 Å². The molecule has 0 atom stereocenters. The molecule has 4 heteroatoms. The second-order valence-corrected chi connectivity index (χ2v) is 15.3. The quantitative estimate of drug-likeness (QED) is 0.173. The van der Waals surface area contributed by atoms with E-state index in [9.17, 15) is 5.26 Å². The summed E-state index contributed by atoms with van der Waals surface area (Å²) >= 11 is 0. The van der Waals surface area contributed by atoms with E-state index in [1.165, 1.54) is 76.6 Å². The average Bonchev–Trinajstić information content (AvgIpc) is 3.94. The van der Waals surface area contributed by atoms with Crippen molar-refractivity contribution in [2.24, 2.45) is 0 Å². The number of rotatable bonds is 5. The van der Waals surface area contributed by atoms with Gasteiger partial charge < -0.3 is 13.7 Å². The monoisotopic (exact) mass is 750 g/mol. The van der Waals surface area contributed by atoms with E-state index in [2.05, 4.69) is 202 Å². The Labute approximate surface area is 340 Å². The summed E-state index contributed by atoms with van der Waals surface area (Å²) in [5.41, 5.74) is 15.7.